The maximum absolute atomic E-state index is 13.2. The first-order valence-electron chi connectivity index (χ1n) is 11.7. The number of nitrogens with zero attached hydrogens (tertiary/aromatic N) is 3. The molecule has 0 radical (unpaired) electrons. The minimum Gasteiger partial charge on any atom is -0.497 e. The van der Waals surface area contributed by atoms with Crippen molar-refractivity contribution >= 4 is 40.7 Å². The number of piperazine rings is 2. The number of ether oxygens (including phenoxy) is 1. The molecule has 0 spiro atoms. The third kappa shape index (κ3) is 6.23. The van der Waals surface area contributed by atoms with Gasteiger partial charge in [-0.1, -0.05) is 23.7 Å². The standard InChI is InChI=1S/C25H30ClN5O4/c1-35-19-8-6-18(7-9-19)30-14-12-29(13-15-30)17-24(33)31-11-10-27-25(34)22(31)16-23(32)28-21-5-3-2-4-20(21)26/h2-9,22H,10-17H2,1H3,(H,27,34)(H,28,32). The molecule has 2 saturated heterocycles. The Balaban J connectivity index is 1.32. The topological polar surface area (TPSA) is 94.2 Å². The van der Waals surface area contributed by atoms with E-state index in [-0.39, 0.29) is 30.7 Å². The Morgan fingerprint density at radius 3 is 2.46 bits per heavy atom. The van der Waals surface area contributed by atoms with Gasteiger partial charge in [-0.2, -0.15) is 0 Å². The van der Waals surface area contributed by atoms with Gasteiger partial charge in [0.25, 0.3) is 0 Å². The van der Waals surface area contributed by atoms with E-state index in [4.69, 9.17) is 16.3 Å². The van der Waals surface area contributed by atoms with Gasteiger partial charge in [-0.15, -0.1) is 0 Å². The minimum atomic E-state index is -0.848. The quantitative estimate of drug-likeness (QED) is 0.603. The Bertz CT molecular complexity index is 1060. The van der Waals surface area contributed by atoms with E-state index in [1.54, 1.807) is 31.4 Å². The summed E-state index contributed by atoms with van der Waals surface area (Å²) in [6, 6.07) is 14.0. The van der Waals surface area contributed by atoms with Gasteiger partial charge in [0.2, 0.25) is 17.7 Å². The normalized spacial score (nSPS) is 18.7. The van der Waals surface area contributed by atoms with Crippen molar-refractivity contribution in [3.63, 3.8) is 0 Å². The van der Waals surface area contributed by atoms with E-state index >= 15 is 0 Å². The van der Waals surface area contributed by atoms with Gasteiger partial charge in [0.15, 0.2) is 0 Å². The molecule has 186 valence electrons. The van der Waals surface area contributed by atoms with Crippen molar-refractivity contribution < 1.29 is 19.1 Å². The number of anilines is 2. The average Bonchev–Trinajstić information content (AvgIpc) is 2.87. The van der Waals surface area contributed by atoms with Gasteiger partial charge in [-0.3, -0.25) is 19.3 Å². The smallest absolute Gasteiger partial charge is 0.243 e. The predicted molar refractivity (Wildman–Crippen MR) is 135 cm³/mol. The van der Waals surface area contributed by atoms with Crippen molar-refractivity contribution in [1.82, 2.24) is 15.1 Å². The highest BCUT2D eigenvalue weighted by atomic mass is 35.5. The first-order chi connectivity index (χ1) is 16.9. The lowest BCUT2D eigenvalue weighted by molar-refractivity contribution is -0.145. The number of hydrogen-bond acceptors (Lipinski definition) is 6. The highest BCUT2D eigenvalue weighted by Gasteiger charge is 2.35. The van der Waals surface area contributed by atoms with Crippen LogP contribution in [0.25, 0.3) is 0 Å². The molecule has 0 saturated carbocycles. The van der Waals surface area contributed by atoms with Crippen molar-refractivity contribution in [2.24, 2.45) is 0 Å². The summed E-state index contributed by atoms with van der Waals surface area (Å²) in [7, 11) is 1.65. The van der Waals surface area contributed by atoms with Gasteiger partial charge in [0.05, 0.1) is 30.8 Å². The second-order valence-electron chi connectivity index (χ2n) is 8.59. The van der Waals surface area contributed by atoms with Crippen LogP contribution in [0.5, 0.6) is 5.75 Å². The predicted octanol–water partition coefficient (Wildman–Crippen LogP) is 1.83. The zero-order valence-corrected chi connectivity index (χ0v) is 20.5. The molecule has 0 aromatic heterocycles. The van der Waals surface area contributed by atoms with Crippen LogP contribution in [0.2, 0.25) is 5.02 Å². The third-order valence-corrected chi connectivity index (χ3v) is 6.68. The Kier molecular flexibility index (Phi) is 8.09. The number of halogens is 1. The second kappa shape index (κ2) is 11.4. The van der Waals surface area contributed by atoms with Gasteiger partial charge in [-0.25, -0.2) is 0 Å². The summed E-state index contributed by atoms with van der Waals surface area (Å²) in [5.74, 6) is -0.0127. The molecule has 10 heteroatoms. The van der Waals surface area contributed by atoms with Crippen molar-refractivity contribution in [2.75, 3.05) is 63.1 Å². The monoisotopic (exact) mass is 499 g/mol. The van der Waals surface area contributed by atoms with E-state index in [0.717, 1.165) is 37.6 Å². The molecule has 1 unspecified atom stereocenters. The van der Waals surface area contributed by atoms with Crippen LogP contribution in [-0.2, 0) is 14.4 Å². The SMILES string of the molecule is COc1ccc(N2CCN(CC(=O)N3CCNC(=O)C3CC(=O)Nc3ccccc3Cl)CC2)cc1. The van der Waals surface area contributed by atoms with Crippen molar-refractivity contribution in [3.8, 4) is 5.75 Å². The fourth-order valence-electron chi connectivity index (χ4n) is 4.39. The third-order valence-electron chi connectivity index (χ3n) is 6.35. The molecular weight excluding hydrogens is 470 g/mol. The Labute approximate surface area is 210 Å². The number of rotatable bonds is 7. The largest absolute Gasteiger partial charge is 0.497 e. The molecule has 2 heterocycles. The van der Waals surface area contributed by atoms with Crippen LogP contribution in [0.3, 0.4) is 0 Å². The number of amides is 3. The summed E-state index contributed by atoms with van der Waals surface area (Å²) in [5.41, 5.74) is 1.59. The van der Waals surface area contributed by atoms with Gasteiger partial charge in [0, 0.05) is 45.0 Å². The molecule has 2 aromatic carbocycles. The summed E-state index contributed by atoms with van der Waals surface area (Å²) in [4.78, 5) is 44.3. The van der Waals surface area contributed by atoms with Crippen LogP contribution >= 0.6 is 11.6 Å². The molecule has 4 rings (SSSR count). The highest BCUT2D eigenvalue weighted by Crippen LogP contribution is 2.22. The lowest BCUT2D eigenvalue weighted by Crippen LogP contribution is -2.60. The molecule has 9 nitrogen and oxygen atoms in total. The molecule has 2 aromatic rings. The fraction of sp³-hybridized carbons (Fsp3) is 0.400. The van der Waals surface area contributed by atoms with Crippen molar-refractivity contribution in [2.45, 2.75) is 12.5 Å². The van der Waals surface area contributed by atoms with E-state index in [1.807, 2.05) is 24.3 Å². The molecule has 2 aliphatic heterocycles. The molecule has 2 fully saturated rings. The number of carbonyl (C=O) groups excluding carboxylic acids is 3. The summed E-state index contributed by atoms with van der Waals surface area (Å²) in [6.45, 7) is 4.02. The average molecular weight is 500 g/mol. The van der Waals surface area contributed by atoms with E-state index < -0.39 is 6.04 Å². The van der Waals surface area contributed by atoms with Gasteiger partial charge >= 0.3 is 0 Å². The van der Waals surface area contributed by atoms with E-state index in [9.17, 15) is 14.4 Å². The Morgan fingerprint density at radius 1 is 1.06 bits per heavy atom. The second-order valence-corrected chi connectivity index (χ2v) is 8.99. The van der Waals surface area contributed by atoms with Crippen LogP contribution in [0.4, 0.5) is 11.4 Å². The summed E-state index contributed by atoms with van der Waals surface area (Å²) >= 11 is 6.12. The fourth-order valence-corrected chi connectivity index (χ4v) is 4.58. The molecule has 3 amide bonds. The van der Waals surface area contributed by atoms with Gasteiger partial charge in [-0.05, 0) is 36.4 Å². The minimum absolute atomic E-state index is 0.131. The van der Waals surface area contributed by atoms with Crippen molar-refractivity contribution in [1.29, 1.82) is 0 Å². The van der Waals surface area contributed by atoms with Crippen LogP contribution in [0.1, 0.15) is 6.42 Å². The van der Waals surface area contributed by atoms with E-state index in [1.165, 1.54) is 4.90 Å². The number of para-hydroxylation sites is 1. The molecule has 1 atom stereocenters. The van der Waals surface area contributed by atoms with E-state index in [0.29, 0.717) is 23.8 Å². The first-order valence-corrected chi connectivity index (χ1v) is 12.1. The van der Waals surface area contributed by atoms with Crippen molar-refractivity contribution in [3.05, 3.63) is 53.6 Å². The summed E-state index contributed by atoms with van der Waals surface area (Å²) < 4.78 is 5.22. The Hall–Kier alpha value is -3.30. The number of nitrogens with one attached hydrogen (secondary N) is 2. The summed E-state index contributed by atoms with van der Waals surface area (Å²) in [5, 5.41) is 5.91. The molecule has 2 N–H and O–H groups in total. The maximum atomic E-state index is 13.2. The van der Waals surface area contributed by atoms with E-state index in [2.05, 4.69) is 20.4 Å². The maximum Gasteiger partial charge on any atom is 0.243 e. The molecule has 0 bridgehead atoms. The zero-order chi connectivity index (χ0) is 24.8. The number of hydrogen-bond donors (Lipinski definition) is 2. The molecular formula is C25H30ClN5O4. The molecule has 35 heavy (non-hydrogen) atoms. The van der Waals surface area contributed by atoms with Crippen LogP contribution in [0, 0.1) is 0 Å². The number of benzene rings is 2. The first kappa shape index (κ1) is 24.8. The molecule has 2 aliphatic rings. The van der Waals surface area contributed by atoms with Crippen LogP contribution in [0.15, 0.2) is 48.5 Å². The Morgan fingerprint density at radius 2 is 1.77 bits per heavy atom. The summed E-state index contributed by atoms with van der Waals surface area (Å²) in [6.07, 6.45) is -0.131. The zero-order valence-electron chi connectivity index (χ0n) is 19.7. The highest BCUT2D eigenvalue weighted by molar-refractivity contribution is 6.33. The van der Waals surface area contributed by atoms with Crippen LogP contribution in [-0.4, -0.2) is 86.5 Å². The number of methoxy groups -OCH3 is 1. The lowest BCUT2D eigenvalue weighted by atomic mass is 10.1. The molecule has 0 aliphatic carbocycles. The van der Waals surface area contributed by atoms with Gasteiger partial charge < -0.3 is 25.2 Å². The van der Waals surface area contributed by atoms with Crippen LogP contribution < -0.4 is 20.3 Å². The van der Waals surface area contributed by atoms with Gasteiger partial charge in [0.1, 0.15) is 11.8 Å². The lowest BCUT2D eigenvalue weighted by Gasteiger charge is -2.39. The number of carbonyl (C=O) groups is 3.